The Morgan fingerprint density at radius 3 is 2.84 bits per heavy atom. The minimum atomic E-state index is -0.293. The molecule has 19 heavy (non-hydrogen) atoms. The van der Waals surface area contributed by atoms with Crippen LogP contribution in [-0.2, 0) is 4.79 Å². The van der Waals surface area contributed by atoms with Gasteiger partial charge in [-0.2, -0.15) is 0 Å². The lowest BCUT2D eigenvalue weighted by Gasteiger charge is -2.30. The van der Waals surface area contributed by atoms with E-state index in [0.29, 0.717) is 18.3 Å². The van der Waals surface area contributed by atoms with Crippen LogP contribution in [0.15, 0.2) is 18.2 Å². The standard InChI is InChI=1S/C14H17N3O2/c1-9-6-7-16-11(8-9)13(18)17(14(16)19)12-5-3-4-10(2)15-12/h3-5,9,11H,6-8H2,1-2H3/t9-,11+/m0/s1. The molecule has 0 unspecified atom stereocenters. The SMILES string of the molecule is Cc1cccc(N2C(=O)[C@H]3C[C@@H](C)CCN3C2=O)n1. The van der Waals surface area contributed by atoms with Gasteiger partial charge in [0.1, 0.15) is 11.9 Å². The molecule has 3 rings (SSSR count). The highest BCUT2D eigenvalue weighted by Crippen LogP contribution is 2.32. The van der Waals surface area contributed by atoms with Crippen molar-refractivity contribution in [2.45, 2.75) is 32.7 Å². The van der Waals surface area contributed by atoms with Gasteiger partial charge in [0, 0.05) is 12.2 Å². The Morgan fingerprint density at radius 2 is 2.11 bits per heavy atom. The van der Waals surface area contributed by atoms with Gasteiger partial charge in [0.25, 0.3) is 5.91 Å². The molecule has 5 heteroatoms. The highest BCUT2D eigenvalue weighted by Gasteiger charge is 2.48. The molecule has 1 aromatic heterocycles. The van der Waals surface area contributed by atoms with E-state index in [4.69, 9.17) is 0 Å². The maximum Gasteiger partial charge on any atom is 0.333 e. The van der Waals surface area contributed by atoms with Crippen LogP contribution < -0.4 is 4.90 Å². The van der Waals surface area contributed by atoms with E-state index in [9.17, 15) is 9.59 Å². The van der Waals surface area contributed by atoms with Gasteiger partial charge in [0.15, 0.2) is 0 Å². The monoisotopic (exact) mass is 259 g/mol. The lowest BCUT2D eigenvalue weighted by molar-refractivity contribution is -0.120. The van der Waals surface area contributed by atoms with Crippen molar-refractivity contribution in [3.05, 3.63) is 23.9 Å². The van der Waals surface area contributed by atoms with E-state index < -0.39 is 0 Å². The first kappa shape index (κ1) is 12.1. The maximum absolute atomic E-state index is 12.4. The van der Waals surface area contributed by atoms with Crippen molar-refractivity contribution in [3.8, 4) is 0 Å². The number of imide groups is 1. The number of aryl methyl sites for hydroxylation is 1. The van der Waals surface area contributed by atoms with E-state index in [2.05, 4.69) is 11.9 Å². The third-order valence-electron chi connectivity index (χ3n) is 3.91. The second-order valence-corrected chi connectivity index (χ2v) is 5.43. The summed E-state index contributed by atoms with van der Waals surface area (Å²) in [5, 5.41) is 0. The molecular formula is C14H17N3O2. The van der Waals surface area contributed by atoms with Gasteiger partial charge in [0.2, 0.25) is 0 Å². The van der Waals surface area contributed by atoms with Gasteiger partial charge < -0.3 is 4.90 Å². The van der Waals surface area contributed by atoms with Crippen molar-refractivity contribution >= 4 is 17.8 Å². The number of fused-ring (bicyclic) bond motifs is 1. The summed E-state index contributed by atoms with van der Waals surface area (Å²) in [5.41, 5.74) is 0.802. The predicted molar refractivity (Wildman–Crippen MR) is 70.7 cm³/mol. The first-order valence-corrected chi connectivity index (χ1v) is 6.66. The Morgan fingerprint density at radius 1 is 1.32 bits per heavy atom. The highest BCUT2D eigenvalue weighted by atomic mass is 16.2. The van der Waals surface area contributed by atoms with Crippen molar-refractivity contribution in [2.24, 2.45) is 5.92 Å². The van der Waals surface area contributed by atoms with Gasteiger partial charge in [-0.15, -0.1) is 0 Å². The first-order valence-electron chi connectivity index (χ1n) is 6.66. The fraction of sp³-hybridized carbons (Fsp3) is 0.500. The lowest BCUT2D eigenvalue weighted by atomic mass is 9.93. The van der Waals surface area contributed by atoms with E-state index >= 15 is 0 Å². The molecule has 2 aliphatic heterocycles. The number of pyridine rings is 1. The van der Waals surface area contributed by atoms with Crippen LogP contribution in [0, 0.1) is 12.8 Å². The van der Waals surface area contributed by atoms with Gasteiger partial charge in [-0.1, -0.05) is 13.0 Å². The topological polar surface area (TPSA) is 53.5 Å². The molecule has 0 spiro atoms. The molecular weight excluding hydrogens is 242 g/mol. The van der Waals surface area contributed by atoms with Crippen LogP contribution in [0.3, 0.4) is 0 Å². The number of piperidine rings is 1. The molecule has 5 nitrogen and oxygen atoms in total. The molecule has 2 aliphatic rings. The summed E-state index contributed by atoms with van der Waals surface area (Å²) in [6.45, 7) is 4.64. The minimum Gasteiger partial charge on any atom is -0.312 e. The van der Waals surface area contributed by atoms with Crippen LogP contribution in [0.1, 0.15) is 25.5 Å². The summed E-state index contributed by atoms with van der Waals surface area (Å²) in [6, 6.07) is 4.87. The molecule has 0 aliphatic carbocycles. The van der Waals surface area contributed by atoms with E-state index in [-0.39, 0.29) is 18.0 Å². The Kier molecular flexibility index (Phi) is 2.77. The Hall–Kier alpha value is -1.91. The first-order chi connectivity index (χ1) is 9.08. The summed E-state index contributed by atoms with van der Waals surface area (Å²) >= 11 is 0. The quantitative estimate of drug-likeness (QED) is 0.724. The van der Waals surface area contributed by atoms with Gasteiger partial charge in [0.05, 0.1) is 0 Å². The Bertz CT molecular complexity index is 543. The third-order valence-corrected chi connectivity index (χ3v) is 3.91. The van der Waals surface area contributed by atoms with Crippen LogP contribution in [0.5, 0.6) is 0 Å². The molecule has 3 heterocycles. The number of anilines is 1. The summed E-state index contributed by atoms with van der Waals surface area (Å²) in [7, 11) is 0. The lowest BCUT2D eigenvalue weighted by Crippen LogP contribution is -2.41. The smallest absolute Gasteiger partial charge is 0.312 e. The Balaban J connectivity index is 1.95. The summed E-state index contributed by atoms with van der Waals surface area (Å²) in [6.07, 6.45) is 1.72. The summed E-state index contributed by atoms with van der Waals surface area (Å²) < 4.78 is 0. The number of nitrogens with zero attached hydrogens (tertiary/aromatic N) is 3. The molecule has 3 amide bonds. The van der Waals surface area contributed by atoms with E-state index in [1.165, 1.54) is 4.90 Å². The molecule has 0 saturated carbocycles. The fourth-order valence-corrected chi connectivity index (χ4v) is 2.84. The second-order valence-electron chi connectivity index (χ2n) is 5.43. The molecule has 2 saturated heterocycles. The number of urea groups is 1. The molecule has 0 N–H and O–H groups in total. The van der Waals surface area contributed by atoms with E-state index in [1.807, 2.05) is 19.1 Å². The van der Waals surface area contributed by atoms with Crippen molar-refractivity contribution in [1.29, 1.82) is 0 Å². The normalized spacial score (nSPS) is 26.8. The fourth-order valence-electron chi connectivity index (χ4n) is 2.84. The van der Waals surface area contributed by atoms with Crippen LogP contribution in [0.2, 0.25) is 0 Å². The largest absolute Gasteiger partial charge is 0.333 e. The van der Waals surface area contributed by atoms with Crippen molar-refractivity contribution in [3.63, 3.8) is 0 Å². The van der Waals surface area contributed by atoms with Crippen LogP contribution in [-0.4, -0.2) is 34.4 Å². The van der Waals surface area contributed by atoms with Crippen LogP contribution in [0.25, 0.3) is 0 Å². The Labute approximate surface area is 112 Å². The third kappa shape index (κ3) is 1.89. The molecule has 100 valence electrons. The highest BCUT2D eigenvalue weighted by molar-refractivity contribution is 6.20. The molecule has 2 atom stereocenters. The van der Waals surface area contributed by atoms with Gasteiger partial charge in [-0.25, -0.2) is 14.7 Å². The maximum atomic E-state index is 12.4. The molecule has 1 aromatic rings. The zero-order chi connectivity index (χ0) is 13.6. The van der Waals surface area contributed by atoms with Crippen molar-refractivity contribution in [1.82, 2.24) is 9.88 Å². The molecule has 2 fully saturated rings. The average molecular weight is 259 g/mol. The summed E-state index contributed by atoms with van der Waals surface area (Å²) in [5.74, 6) is 0.801. The predicted octanol–water partition coefficient (Wildman–Crippen LogP) is 1.96. The van der Waals surface area contributed by atoms with Gasteiger partial charge in [-0.3, -0.25) is 4.79 Å². The zero-order valence-electron chi connectivity index (χ0n) is 11.2. The number of hydrogen-bond donors (Lipinski definition) is 0. The zero-order valence-corrected chi connectivity index (χ0v) is 11.2. The number of hydrogen-bond acceptors (Lipinski definition) is 3. The van der Waals surface area contributed by atoms with Gasteiger partial charge >= 0.3 is 6.03 Å². The van der Waals surface area contributed by atoms with E-state index in [1.54, 1.807) is 11.0 Å². The number of aromatic nitrogens is 1. The van der Waals surface area contributed by atoms with Crippen LogP contribution in [0.4, 0.5) is 10.6 Å². The van der Waals surface area contributed by atoms with Crippen molar-refractivity contribution in [2.75, 3.05) is 11.4 Å². The number of carbonyl (C=O) groups is 2. The van der Waals surface area contributed by atoms with Crippen LogP contribution >= 0.6 is 0 Å². The second kappa shape index (κ2) is 4.33. The number of rotatable bonds is 1. The average Bonchev–Trinajstić information content (AvgIpc) is 2.61. The molecule has 0 radical (unpaired) electrons. The molecule has 0 aromatic carbocycles. The van der Waals surface area contributed by atoms with E-state index in [0.717, 1.165) is 18.5 Å². The minimum absolute atomic E-state index is 0.130. The van der Waals surface area contributed by atoms with Gasteiger partial charge in [-0.05, 0) is 37.8 Å². The summed E-state index contributed by atoms with van der Waals surface area (Å²) in [4.78, 5) is 32.0. The number of carbonyl (C=O) groups excluding carboxylic acids is 2. The van der Waals surface area contributed by atoms with Crippen molar-refractivity contribution < 1.29 is 9.59 Å². The molecule has 0 bridgehead atoms. The number of amides is 3.